The second kappa shape index (κ2) is 6.57. The Morgan fingerprint density at radius 2 is 2.27 bits per heavy atom. The molecule has 1 aromatic carbocycles. The van der Waals surface area contributed by atoms with Crippen LogP contribution in [0.2, 0.25) is 0 Å². The summed E-state index contributed by atoms with van der Waals surface area (Å²) in [6, 6.07) is 3.62. The third-order valence-corrected chi connectivity index (χ3v) is 4.29. The number of likely N-dealkylation sites (N-methyl/N-ethyl adjacent to an activating group) is 1. The van der Waals surface area contributed by atoms with Gasteiger partial charge in [-0.15, -0.1) is 0 Å². The summed E-state index contributed by atoms with van der Waals surface area (Å²) in [7, 11) is -4.00. The highest BCUT2D eigenvalue weighted by molar-refractivity contribution is 7.89. The zero-order valence-corrected chi connectivity index (χ0v) is 12.9. The molecule has 9 nitrogen and oxygen atoms in total. The largest absolute Gasteiger partial charge is 0.356 e. The van der Waals surface area contributed by atoms with Crippen LogP contribution in [0.3, 0.4) is 0 Å². The molecule has 1 aliphatic heterocycles. The summed E-state index contributed by atoms with van der Waals surface area (Å²) in [5, 5.41) is 19.5. The monoisotopic (exact) mass is 330 g/mol. The highest BCUT2D eigenvalue weighted by atomic mass is 32.2. The molecule has 3 N–H and O–H groups in total. The molecule has 0 amide bonds. The molecule has 0 aliphatic carbocycles. The predicted molar refractivity (Wildman–Crippen MR) is 80.1 cm³/mol. The molecule has 1 heterocycles. The van der Waals surface area contributed by atoms with Gasteiger partial charge in [0, 0.05) is 25.7 Å². The van der Waals surface area contributed by atoms with E-state index in [-0.39, 0.29) is 16.8 Å². The van der Waals surface area contributed by atoms with Crippen LogP contribution in [-0.4, -0.2) is 45.8 Å². The first-order valence-electron chi connectivity index (χ1n) is 6.74. The van der Waals surface area contributed by atoms with E-state index in [9.17, 15) is 18.5 Å². The third kappa shape index (κ3) is 3.53. The van der Waals surface area contributed by atoms with Crippen LogP contribution in [-0.2, 0) is 14.8 Å². The number of nitrogens with zero attached hydrogens (tertiary/aromatic N) is 2. The lowest BCUT2D eigenvalue weighted by molar-refractivity contribution is -0.384. The summed E-state index contributed by atoms with van der Waals surface area (Å²) in [5.74, 6) is 0. The smallest absolute Gasteiger partial charge is 0.293 e. The standard InChI is InChI=1S/C12H18N4O5S/c1-2-15(12-8-14-5-6-21-12)10-4-3-9(22(13,19)20)7-11(10)16(17)18/h3-4,7,12,14H,2,5-6,8H2,1H3,(H2,13,19,20). The van der Waals surface area contributed by atoms with Gasteiger partial charge >= 0.3 is 0 Å². The van der Waals surface area contributed by atoms with Gasteiger partial charge in [0.1, 0.15) is 11.9 Å². The van der Waals surface area contributed by atoms with Crippen molar-refractivity contribution < 1.29 is 18.1 Å². The molecule has 0 spiro atoms. The Kier molecular flexibility index (Phi) is 4.96. The topological polar surface area (TPSA) is 128 Å². The van der Waals surface area contributed by atoms with Gasteiger partial charge in [0.25, 0.3) is 5.69 Å². The van der Waals surface area contributed by atoms with E-state index in [2.05, 4.69) is 5.32 Å². The van der Waals surface area contributed by atoms with E-state index in [1.165, 1.54) is 12.1 Å². The number of morpholine rings is 1. The van der Waals surface area contributed by atoms with Crippen molar-refractivity contribution in [2.24, 2.45) is 5.14 Å². The van der Waals surface area contributed by atoms with Gasteiger partial charge in [-0.1, -0.05) is 0 Å². The van der Waals surface area contributed by atoms with Crippen molar-refractivity contribution in [3.05, 3.63) is 28.3 Å². The molecule has 0 aromatic heterocycles. The van der Waals surface area contributed by atoms with Gasteiger partial charge in [0.2, 0.25) is 10.0 Å². The fourth-order valence-corrected chi connectivity index (χ4v) is 2.88. The zero-order chi connectivity index (χ0) is 16.3. The van der Waals surface area contributed by atoms with E-state index in [0.717, 1.165) is 12.6 Å². The van der Waals surface area contributed by atoms with Gasteiger partial charge in [-0.2, -0.15) is 0 Å². The maximum absolute atomic E-state index is 11.4. The molecule has 22 heavy (non-hydrogen) atoms. The number of anilines is 1. The number of primary sulfonamides is 1. The Balaban J connectivity index is 2.45. The van der Waals surface area contributed by atoms with Crippen LogP contribution in [0.5, 0.6) is 0 Å². The minimum atomic E-state index is -4.00. The molecule has 1 aromatic rings. The maximum Gasteiger partial charge on any atom is 0.293 e. The van der Waals surface area contributed by atoms with Gasteiger partial charge in [-0.25, -0.2) is 13.6 Å². The quantitative estimate of drug-likeness (QED) is 0.575. The van der Waals surface area contributed by atoms with Crippen molar-refractivity contribution in [1.82, 2.24) is 5.32 Å². The molecule has 122 valence electrons. The van der Waals surface area contributed by atoms with E-state index >= 15 is 0 Å². The van der Waals surface area contributed by atoms with Crippen molar-refractivity contribution in [2.75, 3.05) is 31.1 Å². The molecule has 1 unspecified atom stereocenters. The molecular formula is C12H18N4O5S. The fourth-order valence-electron chi connectivity index (χ4n) is 2.35. The molecule has 1 saturated heterocycles. The van der Waals surface area contributed by atoms with Gasteiger partial charge in [-0.3, -0.25) is 10.1 Å². The Hall–Kier alpha value is -1.75. The lowest BCUT2D eigenvalue weighted by Crippen LogP contribution is -2.49. The summed E-state index contributed by atoms with van der Waals surface area (Å²) in [4.78, 5) is 12.1. The van der Waals surface area contributed by atoms with Crippen molar-refractivity contribution in [3.8, 4) is 0 Å². The molecule has 1 aliphatic rings. The van der Waals surface area contributed by atoms with Crippen LogP contribution < -0.4 is 15.4 Å². The fraction of sp³-hybridized carbons (Fsp3) is 0.500. The second-order valence-electron chi connectivity index (χ2n) is 4.77. The molecule has 1 fully saturated rings. The average Bonchev–Trinajstić information content (AvgIpc) is 2.48. The maximum atomic E-state index is 11.4. The molecule has 0 radical (unpaired) electrons. The number of sulfonamides is 1. The van der Waals surface area contributed by atoms with Crippen molar-refractivity contribution in [1.29, 1.82) is 0 Å². The van der Waals surface area contributed by atoms with E-state index in [1.54, 1.807) is 4.90 Å². The number of benzene rings is 1. The van der Waals surface area contributed by atoms with Crippen molar-refractivity contribution >= 4 is 21.4 Å². The van der Waals surface area contributed by atoms with Crippen molar-refractivity contribution in [3.63, 3.8) is 0 Å². The number of hydrogen-bond donors (Lipinski definition) is 2. The summed E-state index contributed by atoms with van der Waals surface area (Å²) < 4.78 is 28.3. The Morgan fingerprint density at radius 1 is 1.55 bits per heavy atom. The van der Waals surface area contributed by atoms with Crippen LogP contribution >= 0.6 is 0 Å². The van der Waals surface area contributed by atoms with E-state index in [1.807, 2.05) is 6.92 Å². The number of nitro benzene ring substituents is 1. The SMILES string of the molecule is CCN(c1ccc(S(N)(=O)=O)cc1[N+](=O)[O-])C1CNCCO1. The second-order valence-corrected chi connectivity index (χ2v) is 6.33. The van der Waals surface area contributed by atoms with E-state index < -0.39 is 14.9 Å². The van der Waals surface area contributed by atoms with E-state index in [4.69, 9.17) is 9.88 Å². The Bertz CT molecular complexity index is 657. The first kappa shape index (κ1) is 16.6. The molecule has 0 bridgehead atoms. The predicted octanol–water partition coefficient (Wildman–Crippen LogP) is 0.0144. The molecule has 1 atom stereocenters. The van der Waals surface area contributed by atoms with Crippen LogP contribution in [0.25, 0.3) is 0 Å². The summed E-state index contributed by atoms with van der Waals surface area (Å²) in [5.41, 5.74) is -0.0175. The number of nitrogens with two attached hydrogens (primary N) is 1. The average molecular weight is 330 g/mol. The Morgan fingerprint density at radius 3 is 2.77 bits per heavy atom. The van der Waals surface area contributed by atoms with Gasteiger partial charge in [0.05, 0.1) is 16.4 Å². The minimum absolute atomic E-state index is 0.290. The van der Waals surface area contributed by atoms with Crippen molar-refractivity contribution in [2.45, 2.75) is 18.0 Å². The normalized spacial score (nSPS) is 18.9. The summed E-state index contributed by atoms with van der Waals surface area (Å²) in [6.07, 6.45) is -0.349. The minimum Gasteiger partial charge on any atom is -0.356 e. The van der Waals surface area contributed by atoms with Crippen LogP contribution in [0, 0.1) is 10.1 Å². The lowest BCUT2D eigenvalue weighted by Gasteiger charge is -2.35. The number of nitrogens with one attached hydrogen (secondary N) is 1. The van der Waals surface area contributed by atoms with Gasteiger partial charge in [-0.05, 0) is 19.1 Å². The van der Waals surface area contributed by atoms with Crippen LogP contribution in [0.1, 0.15) is 6.92 Å². The Labute approximate surface area is 128 Å². The van der Waals surface area contributed by atoms with Gasteiger partial charge < -0.3 is 15.0 Å². The number of ether oxygens (including phenoxy) is 1. The van der Waals surface area contributed by atoms with E-state index in [0.29, 0.717) is 25.4 Å². The van der Waals surface area contributed by atoms with Crippen LogP contribution in [0.4, 0.5) is 11.4 Å². The van der Waals surface area contributed by atoms with Gasteiger partial charge in [0.15, 0.2) is 0 Å². The number of hydrogen-bond acceptors (Lipinski definition) is 7. The van der Waals surface area contributed by atoms with Crippen LogP contribution in [0.15, 0.2) is 23.1 Å². The molecule has 2 rings (SSSR count). The first-order chi connectivity index (χ1) is 10.3. The number of rotatable bonds is 5. The first-order valence-corrected chi connectivity index (χ1v) is 8.29. The molecular weight excluding hydrogens is 312 g/mol. The summed E-state index contributed by atoms with van der Waals surface area (Å²) in [6.45, 7) is 4.07. The lowest BCUT2D eigenvalue weighted by atomic mass is 10.2. The zero-order valence-electron chi connectivity index (χ0n) is 12.1. The molecule has 10 heteroatoms. The number of nitro groups is 1. The summed E-state index contributed by atoms with van der Waals surface area (Å²) >= 11 is 0. The molecule has 0 saturated carbocycles. The highest BCUT2D eigenvalue weighted by Gasteiger charge is 2.28. The third-order valence-electron chi connectivity index (χ3n) is 3.38. The highest BCUT2D eigenvalue weighted by Crippen LogP contribution is 2.32.